The van der Waals surface area contributed by atoms with Gasteiger partial charge in [0.25, 0.3) is 0 Å². The van der Waals surface area contributed by atoms with Crippen molar-refractivity contribution in [2.75, 3.05) is 11.5 Å². The van der Waals surface area contributed by atoms with E-state index in [0.717, 1.165) is 34.5 Å². The fourth-order valence-corrected chi connectivity index (χ4v) is 6.25. The number of hydrogen-bond acceptors (Lipinski definition) is 7. The van der Waals surface area contributed by atoms with Crippen molar-refractivity contribution in [1.29, 1.82) is 0 Å². The van der Waals surface area contributed by atoms with E-state index in [1.807, 2.05) is 19.1 Å². The minimum Gasteiger partial charge on any atom is -0.508 e. The minimum absolute atomic E-state index is 0.165. The third kappa shape index (κ3) is 6.08. The summed E-state index contributed by atoms with van der Waals surface area (Å²) in [5.74, 6) is -2.76. The Balaban J connectivity index is 1.58. The number of aliphatic hydroxyl groups excluding tert-OH is 2. The first-order valence-corrected chi connectivity index (χ1v) is 14.0. The number of nitrogens with zero attached hydrogens (tertiary/aromatic N) is 1. The molecule has 5 N–H and O–H groups in total. The van der Waals surface area contributed by atoms with Gasteiger partial charge in [-0.3, -0.25) is 14.5 Å². The first-order valence-electron chi connectivity index (χ1n) is 14.0. The predicted octanol–water partition coefficient (Wildman–Crippen LogP) is 2.92. The lowest BCUT2D eigenvalue weighted by atomic mass is 9.67. The van der Waals surface area contributed by atoms with Gasteiger partial charge in [-0.15, -0.1) is 0 Å². The van der Waals surface area contributed by atoms with Crippen LogP contribution in [-0.4, -0.2) is 57.0 Å². The number of anilines is 1. The summed E-state index contributed by atoms with van der Waals surface area (Å²) in [7, 11) is -1.74. The Bertz CT molecular complexity index is 1290. The standard InChI is InChI=1S/C31H38BNO7/c1-3-6-19(15-20-9-12-24(35)13-10-20)11-14-27(36)28-21(4-2)16-25-29(26(28)18-34)31(38)33(30(25)37)23-8-5-7-22(17-23)32(39)40/h5,7-10,12-13,15,17,25-27,29,34-36,39-40H,3-4,6,11,14,16,18H2,1-2H3/b19-15+/t25-,26+,27-,29-/m1/s1. The number of carbonyl (C=O) groups excluding carboxylic acids is 2. The Morgan fingerprint density at radius 3 is 2.42 bits per heavy atom. The molecule has 0 aromatic heterocycles. The fraction of sp³-hybridized carbons (Fsp3) is 0.419. The van der Waals surface area contributed by atoms with Gasteiger partial charge in [-0.2, -0.15) is 0 Å². The number of phenols is 1. The first-order chi connectivity index (χ1) is 19.2. The summed E-state index contributed by atoms with van der Waals surface area (Å²) in [6, 6.07) is 13.0. The van der Waals surface area contributed by atoms with Crippen molar-refractivity contribution in [2.24, 2.45) is 17.8 Å². The lowest BCUT2D eigenvalue weighted by molar-refractivity contribution is -0.123. The molecule has 0 spiro atoms. The topological polar surface area (TPSA) is 139 Å². The second-order valence-corrected chi connectivity index (χ2v) is 10.7. The second kappa shape index (κ2) is 13.0. The van der Waals surface area contributed by atoms with Crippen LogP contribution in [0.25, 0.3) is 6.08 Å². The van der Waals surface area contributed by atoms with E-state index in [-0.39, 0.29) is 29.4 Å². The molecule has 1 heterocycles. The molecule has 2 aromatic carbocycles. The maximum absolute atomic E-state index is 13.7. The van der Waals surface area contributed by atoms with E-state index in [2.05, 4.69) is 13.0 Å². The molecule has 1 fully saturated rings. The summed E-state index contributed by atoms with van der Waals surface area (Å²) in [4.78, 5) is 28.3. The average molecular weight is 547 g/mol. The first kappa shape index (κ1) is 29.7. The number of benzene rings is 2. The number of amides is 2. The summed E-state index contributed by atoms with van der Waals surface area (Å²) in [6.07, 6.45) is 4.94. The van der Waals surface area contributed by atoms with Crippen LogP contribution in [0.4, 0.5) is 5.69 Å². The van der Waals surface area contributed by atoms with Gasteiger partial charge in [-0.05, 0) is 73.0 Å². The Morgan fingerprint density at radius 1 is 1.07 bits per heavy atom. The average Bonchev–Trinajstić information content (AvgIpc) is 3.20. The summed E-state index contributed by atoms with van der Waals surface area (Å²) < 4.78 is 0. The van der Waals surface area contributed by atoms with Gasteiger partial charge in [0, 0.05) is 5.92 Å². The number of aliphatic hydroxyl groups is 2. The molecule has 4 rings (SSSR count). The highest BCUT2D eigenvalue weighted by molar-refractivity contribution is 6.58. The maximum atomic E-state index is 13.7. The molecule has 1 aliphatic carbocycles. The van der Waals surface area contributed by atoms with Crippen LogP contribution in [0.2, 0.25) is 0 Å². The van der Waals surface area contributed by atoms with E-state index in [0.29, 0.717) is 31.3 Å². The Labute approximate surface area is 235 Å². The van der Waals surface area contributed by atoms with Crippen molar-refractivity contribution in [1.82, 2.24) is 0 Å². The predicted molar refractivity (Wildman–Crippen MR) is 154 cm³/mol. The number of fused-ring (bicyclic) bond motifs is 1. The van der Waals surface area contributed by atoms with Crippen molar-refractivity contribution >= 4 is 36.2 Å². The van der Waals surface area contributed by atoms with Crippen molar-refractivity contribution in [3.05, 3.63) is 70.8 Å². The highest BCUT2D eigenvalue weighted by atomic mass is 16.4. The zero-order valence-corrected chi connectivity index (χ0v) is 23.0. The van der Waals surface area contributed by atoms with E-state index < -0.39 is 36.9 Å². The number of carbonyl (C=O) groups is 2. The van der Waals surface area contributed by atoms with E-state index in [1.165, 1.54) is 12.1 Å². The fourth-order valence-electron chi connectivity index (χ4n) is 6.25. The normalized spacial score (nSPS) is 22.1. The van der Waals surface area contributed by atoms with Crippen LogP contribution in [0.1, 0.15) is 57.9 Å². The van der Waals surface area contributed by atoms with E-state index in [1.54, 1.807) is 24.3 Å². The number of hydrogen-bond donors (Lipinski definition) is 5. The minimum atomic E-state index is -1.74. The van der Waals surface area contributed by atoms with Gasteiger partial charge >= 0.3 is 7.12 Å². The number of rotatable bonds is 11. The Hall–Kier alpha value is -3.24. The van der Waals surface area contributed by atoms with Crippen molar-refractivity contribution < 1.29 is 35.0 Å². The second-order valence-electron chi connectivity index (χ2n) is 10.7. The summed E-state index contributed by atoms with van der Waals surface area (Å²) >= 11 is 0. The highest BCUT2D eigenvalue weighted by Gasteiger charge is 2.55. The van der Waals surface area contributed by atoms with E-state index in [4.69, 9.17) is 0 Å². The molecule has 9 heteroatoms. The molecule has 0 radical (unpaired) electrons. The third-order valence-corrected chi connectivity index (χ3v) is 8.17. The van der Waals surface area contributed by atoms with Gasteiger partial charge in [0.05, 0.1) is 30.2 Å². The quantitative estimate of drug-likeness (QED) is 0.166. The molecule has 8 nitrogen and oxygen atoms in total. The number of imide groups is 1. The molecule has 4 atom stereocenters. The third-order valence-electron chi connectivity index (χ3n) is 8.17. The van der Waals surface area contributed by atoms with Crippen LogP contribution in [0.15, 0.2) is 65.3 Å². The molecule has 0 bridgehead atoms. The molecule has 1 aliphatic heterocycles. The van der Waals surface area contributed by atoms with Crippen LogP contribution in [-0.2, 0) is 9.59 Å². The van der Waals surface area contributed by atoms with Gasteiger partial charge in [-0.25, -0.2) is 0 Å². The summed E-state index contributed by atoms with van der Waals surface area (Å²) in [5.41, 5.74) is 4.10. The Morgan fingerprint density at radius 2 is 1.80 bits per heavy atom. The number of aromatic hydroxyl groups is 1. The summed E-state index contributed by atoms with van der Waals surface area (Å²) in [6.45, 7) is 3.67. The molecule has 0 unspecified atom stereocenters. The van der Waals surface area contributed by atoms with Gasteiger partial charge < -0.3 is 25.4 Å². The molecule has 1 saturated heterocycles. The molecule has 2 aliphatic rings. The zero-order chi connectivity index (χ0) is 29.0. The molecular formula is C31H38BNO7. The van der Waals surface area contributed by atoms with E-state index >= 15 is 0 Å². The van der Waals surface area contributed by atoms with Gasteiger partial charge in [0.2, 0.25) is 11.8 Å². The van der Waals surface area contributed by atoms with Crippen LogP contribution >= 0.6 is 0 Å². The molecule has 0 saturated carbocycles. The van der Waals surface area contributed by atoms with E-state index in [9.17, 15) is 35.0 Å². The monoisotopic (exact) mass is 547 g/mol. The Kier molecular flexibility index (Phi) is 9.63. The molecule has 2 aromatic rings. The number of phenolic OH excluding ortho intramolecular Hbond substituents is 1. The molecule has 212 valence electrons. The van der Waals surface area contributed by atoms with Crippen LogP contribution < -0.4 is 10.4 Å². The lowest BCUT2D eigenvalue weighted by Gasteiger charge is -2.36. The highest BCUT2D eigenvalue weighted by Crippen LogP contribution is 2.48. The molecular weight excluding hydrogens is 509 g/mol. The largest absolute Gasteiger partial charge is 0.508 e. The van der Waals surface area contributed by atoms with Crippen molar-refractivity contribution in [3.63, 3.8) is 0 Å². The molecule has 2 amide bonds. The van der Waals surface area contributed by atoms with Crippen LogP contribution in [0, 0.1) is 17.8 Å². The smallest absolute Gasteiger partial charge is 0.488 e. The maximum Gasteiger partial charge on any atom is 0.488 e. The van der Waals surface area contributed by atoms with Gasteiger partial charge in [-0.1, -0.05) is 61.8 Å². The van der Waals surface area contributed by atoms with Crippen LogP contribution in [0.5, 0.6) is 5.75 Å². The lowest BCUT2D eigenvalue weighted by Crippen LogP contribution is -2.39. The molecule has 40 heavy (non-hydrogen) atoms. The van der Waals surface area contributed by atoms with Crippen LogP contribution in [0.3, 0.4) is 0 Å². The zero-order valence-electron chi connectivity index (χ0n) is 23.0. The van der Waals surface area contributed by atoms with Crippen molar-refractivity contribution in [3.8, 4) is 5.75 Å². The SMILES string of the molecule is CCC/C(=C\c1ccc(O)cc1)CC[C@@H](O)C1=C(CC)C[C@H]2C(=O)N(c3cccc(B(O)O)c3)C(=O)[C@H]2[C@H]1CO. The van der Waals surface area contributed by atoms with Crippen molar-refractivity contribution in [2.45, 2.75) is 58.5 Å². The summed E-state index contributed by atoms with van der Waals surface area (Å²) in [5, 5.41) is 50.7. The van der Waals surface area contributed by atoms with Gasteiger partial charge in [0.15, 0.2) is 0 Å². The van der Waals surface area contributed by atoms with Gasteiger partial charge in [0.1, 0.15) is 5.75 Å². The number of allylic oxidation sites excluding steroid dienone is 2.